The summed E-state index contributed by atoms with van der Waals surface area (Å²) in [5.41, 5.74) is 6.45. The summed E-state index contributed by atoms with van der Waals surface area (Å²) in [4.78, 5) is 2.45. The summed E-state index contributed by atoms with van der Waals surface area (Å²) in [5.74, 6) is 0.901. The van der Waals surface area contributed by atoms with E-state index in [1.54, 1.807) is 7.11 Å². The molecule has 0 aromatic heterocycles. The van der Waals surface area contributed by atoms with Crippen LogP contribution in [0.2, 0.25) is 5.02 Å². The smallest absolute Gasteiger partial charge is 0.118 e. The monoisotopic (exact) mass is 349 g/mol. The maximum atomic E-state index is 6.22. The Morgan fingerprint density at radius 2 is 1.76 bits per heavy atom. The first kappa shape index (κ1) is 16.0. The molecule has 0 bridgehead atoms. The van der Waals surface area contributed by atoms with Crippen LogP contribution in [-0.2, 0) is 13.0 Å². The van der Waals surface area contributed by atoms with E-state index < -0.39 is 0 Å². The molecule has 1 aliphatic heterocycles. The summed E-state index contributed by atoms with van der Waals surface area (Å²) in [6, 6.07) is 23.1. The lowest BCUT2D eigenvalue weighted by Gasteiger charge is -2.33. The second-order valence-corrected chi connectivity index (χ2v) is 6.77. The number of halogens is 1. The van der Waals surface area contributed by atoms with Gasteiger partial charge in [-0.25, -0.2) is 0 Å². The third kappa shape index (κ3) is 3.22. The molecule has 0 amide bonds. The molecule has 2 nitrogen and oxygen atoms in total. The molecule has 0 radical (unpaired) electrons. The maximum Gasteiger partial charge on any atom is 0.118 e. The third-order valence-electron chi connectivity index (χ3n) is 4.80. The van der Waals surface area contributed by atoms with Gasteiger partial charge in [0.15, 0.2) is 0 Å². The number of fused-ring (bicyclic) bond motifs is 3. The molecule has 25 heavy (non-hydrogen) atoms. The lowest BCUT2D eigenvalue weighted by molar-refractivity contribution is 0.414. The molecule has 0 saturated heterocycles. The van der Waals surface area contributed by atoms with Crippen molar-refractivity contribution in [2.75, 3.05) is 18.6 Å². The highest BCUT2D eigenvalue weighted by Gasteiger charge is 2.21. The molecule has 4 rings (SSSR count). The molecule has 126 valence electrons. The van der Waals surface area contributed by atoms with Crippen LogP contribution in [0.4, 0.5) is 5.69 Å². The molecule has 0 atom stereocenters. The topological polar surface area (TPSA) is 12.5 Å². The minimum absolute atomic E-state index is 0.792. The van der Waals surface area contributed by atoms with Gasteiger partial charge in [-0.3, -0.25) is 0 Å². The van der Waals surface area contributed by atoms with Crippen LogP contribution < -0.4 is 9.64 Å². The van der Waals surface area contributed by atoms with Gasteiger partial charge < -0.3 is 9.64 Å². The van der Waals surface area contributed by atoms with Crippen molar-refractivity contribution in [2.24, 2.45) is 0 Å². The molecule has 1 heterocycles. The largest absolute Gasteiger partial charge is 0.497 e. The highest BCUT2D eigenvalue weighted by Crippen LogP contribution is 2.40. The van der Waals surface area contributed by atoms with E-state index in [2.05, 4.69) is 53.4 Å². The van der Waals surface area contributed by atoms with Gasteiger partial charge in [0.2, 0.25) is 0 Å². The average molecular weight is 350 g/mol. The Bertz CT molecular complexity index is 889. The van der Waals surface area contributed by atoms with Gasteiger partial charge in [0.1, 0.15) is 5.75 Å². The molecule has 1 aliphatic rings. The predicted molar refractivity (Wildman–Crippen MR) is 105 cm³/mol. The highest BCUT2D eigenvalue weighted by atomic mass is 35.5. The number of nitrogens with zero attached hydrogens (tertiary/aromatic N) is 1. The van der Waals surface area contributed by atoms with Gasteiger partial charge in [-0.1, -0.05) is 48.0 Å². The fraction of sp³-hybridized carbons (Fsp3) is 0.182. The Labute approximate surface area is 153 Å². The van der Waals surface area contributed by atoms with Gasteiger partial charge in [-0.2, -0.15) is 0 Å². The Morgan fingerprint density at radius 1 is 0.960 bits per heavy atom. The Morgan fingerprint density at radius 3 is 2.56 bits per heavy atom. The normalized spacial score (nSPS) is 12.5. The van der Waals surface area contributed by atoms with Gasteiger partial charge >= 0.3 is 0 Å². The molecular weight excluding hydrogens is 330 g/mol. The number of ether oxygens (including phenoxy) is 1. The van der Waals surface area contributed by atoms with Crippen molar-refractivity contribution in [3.05, 3.63) is 82.9 Å². The summed E-state index contributed by atoms with van der Waals surface area (Å²) in [6.07, 6.45) is 1.00. The van der Waals surface area contributed by atoms with Crippen molar-refractivity contribution in [2.45, 2.75) is 13.0 Å². The minimum Gasteiger partial charge on any atom is -0.497 e. The maximum absolute atomic E-state index is 6.22. The summed E-state index contributed by atoms with van der Waals surface area (Å²) < 4.78 is 5.24. The van der Waals surface area contributed by atoms with E-state index in [1.807, 2.05) is 18.2 Å². The first-order chi connectivity index (χ1) is 12.2. The minimum atomic E-state index is 0.792. The third-order valence-corrected chi connectivity index (χ3v) is 5.03. The van der Waals surface area contributed by atoms with E-state index in [1.165, 1.54) is 27.9 Å². The second-order valence-electron chi connectivity index (χ2n) is 6.34. The molecule has 0 fully saturated rings. The first-order valence-corrected chi connectivity index (χ1v) is 8.88. The zero-order valence-corrected chi connectivity index (χ0v) is 15.0. The highest BCUT2D eigenvalue weighted by molar-refractivity contribution is 6.31. The van der Waals surface area contributed by atoms with Crippen molar-refractivity contribution in [1.82, 2.24) is 0 Å². The molecular formula is C22H20ClNO. The molecule has 0 spiro atoms. The molecule has 0 aliphatic carbocycles. The van der Waals surface area contributed by atoms with Crippen molar-refractivity contribution in [1.29, 1.82) is 0 Å². The van der Waals surface area contributed by atoms with E-state index in [4.69, 9.17) is 16.3 Å². The van der Waals surface area contributed by atoms with Gasteiger partial charge in [0.25, 0.3) is 0 Å². The second kappa shape index (κ2) is 6.81. The van der Waals surface area contributed by atoms with Crippen LogP contribution in [0.1, 0.15) is 11.1 Å². The number of rotatable bonds is 4. The van der Waals surface area contributed by atoms with Gasteiger partial charge in [-0.15, -0.1) is 0 Å². The van der Waals surface area contributed by atoms with Crippen LogP contribution in [0, 0.1) is 0 Å². The molecule has 3 heteroatoms. The molecule has 0 saturated carbocycles. The number of hydrogen-bond acceptors (Lipinski definition) is 2. The van der Waals surface area contributed by atoms with Crippen LogP contribution >= 0.6 is 11.6 Å². The summed E-state index contributed by atoms with van der Waals surface area (Å²) in [6.45, 7) is 1.89. The zero-order chi connectivity index (χ0) is 17.2. The number of para-hydroxylation sites is 1. The van der Waals surface area contributed by atoms with Crippen LogP contribution in [-0.4, -0.2) is 13.7 Å². The van der Waals surface area contributed by atoms with Gasteiger partial charge in [-0.05, 0) is 53.4 Å². The van der Waals surface area contributed by atoms with Crippen molar-refractivity contribution in [3.8, 4) is 16.9 Å². The first-order valence-electron chi connectivity index (χ1n) is 8.50. The Hall–Kier alpha value is -2.45. The lowest BCUT2D eigenvalue weighted by atomic mass is 9.93. The van der Waals surface area contributed by atoms with E-state index in [9.17, 15) is 0 Å². The SMILES string of the molecule is COc1ccc(CCN2Cc3ccc(Cl)cc3-c3ccccc32)cc1. The summed E-state index contributed by atoms with van der Waals surface area (Å²) in [5, 5.41) is 0.792. The quantitative estimate of drug-likeness (QED) is 0.609. The average Bonchev–Trinajstić information content (AvgIpc) is 2.67. The fourth-order valence-electron chi connectivity index (χ4n) is 3.46. The predicted octanol–water partition coefficient (Wildman–Crippen LogP) is 5.58. The number of hydrogen-bond donors (Lipinski definition) is 0. The van der Waals surface area contributed by atoms with Crippen molar-refractivity contribution < 1.29 is 4.74 Å². The van der Waals surface area contributed by atoms with E-state index in [0.717, 1.165) is 30.3 Å². The molecule has 3 aromatic rings. The lowest BCUT2D eigenvalue weighted by Crippen LogP contribution is -2.28. The van der Waals surface area contributed by atoms with Gasteiger partial charge in [0.05, 0.1) is 7.11 Å². The van der Waals surface area contributed by atoms with E-state index in [0.29, 0.717) is 0 Å². The number of methoxy groups -OCH3 is 1. The zero-order valence-electron chi connectivity index (χ0n) is 14.2. The standard InChI is InChI=1S/C22H20ClNO/c1-25-19-10-6-16(7-11-19)12-13-24-15-17-8-9-18(23)14-21(17)20-4-2-3-5-22(20)24/h2-11,14H,12-13,15H2,1H3. The fourth-order valence-corrected chi connectivity index (χ4v) is 3.63. The van der Waals surface area contributed by atoms with Crippen molar-refractivity contribution in [3.63, 3.8) is 0 Å². The van der Waals surface area contributed by atoms with Crippen LogP contribution in [0.15, 0.2) is 66.7 Å². The summed E-state index contributed by atoms with van der Waals surface area (Å²) in [7, 11) is 1.70. The Balaban J connectivity index is 1.59. The van der Waals surface area contributed by atoms with Crippen LogP contribution in [0.3, 0.4) is 0 Å². The molecule has 0 unspecified atom stereocenters. The van der Waals surface area contributed by atoms with Crippen molar-refractivity contribution >= 4 is 17.3 Å². The number of anilines is 1. The molecule has 3 aromatic carbocycles. The summed E-state index contributed by atoms with van der Waals surface area (Å²) >= 11 is 6.22. The molecule has 0 N–H and O–H groups in total. The van der Waals surface area contributed by atoms with Crippen LogP contribution in [0.5, 0.6) is 5.75 Å². The van der Waals surface area contributed by atoms with Crippen LogP contribution in [0.25, 0.3) is 11.1 Å². The van der Waals surface area contributed by atoms with E-state index in [-0.39, 0.29) is 0 Å². The van der Waals surface area contributed by atoms with Gasteiger partial charge in [0, 0.05) is 29.4 Å². The van der Waals surface area contributed by atoms with E-state index >= 15 is 0 Å². The number of benzene rings is 3. The Kier molecular flexibility index (Phi) is 4.37.